The third kappa shape index (κ3) is 3.60. The summed E-state index contributed by atoms with van der Waals surface area (Å²) in [5.74, 6) is 0.141. The normalized spacial score (nSPS) is 17.7. The second-order valence-corrected chi connectivity index (χ2v) is 7.10. The quantitative estimate of drug-likeness (QED) is 0.808. The summed E-state index contributed by atoms with van der Waals surface area (Å²) in [7, 11) is 0. The van der Waals surface area contributed by atoms with Gasteiger partial charge in [-0.2, -0.15) is 0 Å². The average molecular weight is 360 g/mol. The molecule has 0 saturated heterocycles. The van der Waals surface area contributed by atoms with Crippen molar-refractivity contribution in [1.29, 1.82) is 0 Å². The van der Waals surface area contributed by atoms with E-state index in [0.29, 0.717) is 0 Å². The van der Waals surface area contributed by atoms with Crippen LogP contribution in [0.3, 0.4) is 0 Å². The van der Waals surface area contributed by atoms with E-state index in [1.54, 1.807) is 0 Å². The van der Waals surface area contributed by atoms with Gasteiger partial charge in [-0.15, -0.1) is 0 Å². The van der Waals surface area contributed by atoms with Crippen LogP contribution in [0, 0.1) is 0 Å². The van der Waals surface area contributed by atoms with E-state index < -0.39 is 5.60 Å². The summed E-state index contributed by atoms with van der Waals surface area (Å²) in [6.07, 6.45) is 2.92. The molecule has 2 N–H and O–H groups in total. The van der Waals surface area contributed by atoms with Gasteiger partial charge in [-0.05, 0) is 42.5 Å². The number of hydrogen-bond donors (Lipinski definition) is 2. The Bertz CT molecular complexity index is 610. The Kier molecular flexibility index (Phi) is 4.97. The van der Waals surface area contributed by atoms with Crippen molar-refractivity contribution in [2.75, 3.05) is 6.54 Å². The fraction of sp³-hybridized carbons (Fsp3) is 0.368. The molecule has 0 heterocycles. The molecule has 3 heteroatoms. The van der Waals surface area contributed by atoms with Gasteiger partial charge in [0.15, 0.2) is 0 Å². The zero-order chi connectivity index (χ0) is 15.4. The molecule has 0 amide bonds. The molecule has 3 rings (SSSR count). The Morgan fingerprint density at radius 3 is 2.50 bits per heavy atom. The first kappa shape index (κ1) is 15.7. The van der Waals surface area contributed by atoms with E-state index >= 15 is 0 Å². The van der Waals surface area contributed by atoms with Crippen LogP contribution in [0.5, 0.6) is 0 Å². The highest BCUT2D eigenvalue weighted by Gasteiger charge is 2.42. The Labute approximate surface area is 140 Å². The first-order chi connectivity index (χ1) is 10.7. The molecule has 2 nitrogen and oxygen atoms in total. The monoisotopic (exact) mass is 359 g/mol. The van der Waals surface area contributed by atoms with Crippen LogP contribution in [0.2, 0.25) is 0 Å². The van der Waals surface area contributed by atoms with Gasteiger partial charge in [0, 0.05) is 23.5 Å². The topological polar surface area (TPSA) is 32.3 Å². The number of aliphatic hydroxyl groups is 1. The Hall–Kier alpha value is -1.16. The summed E-state index contributed by atoms with van der Waals surface area (Å²) in [6.45, 7) is 1.63. The van der Waals surface area contributed by atoms with Crippen molar-refractivity contribution in [3.05, 3.63) is 70.2 Å². The average Bonchev–Trinajstić information content (AvgIpc) is 2.50. The highest BCUT2D eigenvalue weighted by molar-refractivity contribution is 9.10. The first-order valence-electron chi connectivity index (χ1n) is 7.90. The fourth-order valence-electron chi connectivity index (χ4n) is 3.19. The summed E-state index contributed by atoms with van der Waals surface area (Å²) in [4.78, 5) is 0. The third-order valence-corrected chi connectivity index (χ3v) is 5.13. The maximum absolute atomic E-state index is 10.9. The van der Waals surface area contributed by atoms with Gasteiger partial charge in [-0.1, -0.05) is 58.4 Å². The molecule has 1 aliphatic rings. The zero-order valence-electron chi connectivity index (χ0n) is 12.6. The SMILES string of the molecule is OC1(C(CNCc2ccccc2)c2cccc(Br)c2)CCC1. The number of rotatable bonds is 6. The largest absolute Gasteiger partial charge is 0.389 e. The summed E-state index contributed by atoms with van der Waals surface area (Å²) in [5.41, 5.74) is 1.93. The molecule has 0 aliphatic heterocycles. The van der Waals surface area contributed by atoms with Gasteiger partial charge in [0.05, 0.1) is 5.60 Å². The maximum atomic E-state index is 10.9. The van der Waals surface area contributed by atoms with Crippen molar-refractivity contribution >= 4 is 15.9 Å². The van der Waals surface area contributed by atoms with Gasteiger partial charge in [-0.3, -0.25) is 0 Å². The molecule has 22 heavy (non-hydrogen) atoms. The lowest BCUT2D eigenvalue weighted by atomic mass is 9.68. The summed E-state index contributed by atoms with van der Waals surface area (Å²) in [6, 6.07) is 18.7. The van der Waals surface area contributed by atoms with E-state index in [4.69, 9.17) is 0 Å². The van der Waals surface area contributed by atoms with Crippen molar-refractivity contribution in [2.45, 2.75) is 37.3 Å². The van der Waals surface area contributed by atoms with Gasteiger partial charge in [0.1, 0.15) is 0 Å². The molecule has 0 bridgehead atoms. The summed E-state index contributed by atoms with van der Waals surface area (Å²) >= 11 is 3.54. The number of halogens is 1. The van der Waals surface area contributed by atoms with Crippen molar-refractivity contribution < 1.29 is 5.11 Å². The summed E-state index contributed by atoms with van der Waals surface area (Å²) in [5, 5.41) is 14.4. The molecule has 0 aromatic heterocycles. The van der Waals surface area contributed by atoms with Gasteiger partial charge >= 0.3 is 0 Å². The van der Waals surface area contributed by atoms with E-state index in [1.165, 1.54) is 11.1 Å². The molecule has 1 aliphatic carbocycles. The third-order valence-electron chi connectivity index (χ3n) is 4.64. The van der Waals surface area contributed by atoms with Crippen LogP contribution in [-0.2, 0) is 6.54 Å². The summed E-state index contributed by atoms with van der Waals surface area (Å²) < 4.78 is 1.07. The first-order valence-corrected chi connectivity index (χ1v) is 8.69. The van der Waals surface area contributed by atoms with E-state index in [-0.39, 0.29) is 5.92 Å². The lowest BCUT2D eigenvalue weighted by Crippen LogP contribution is -2.46. The molecule has 116 valence electrons. The van der Waals surface area contributed by atoms with Gasteiger partial charge in [0.25, 0.3) is 0 Å². The van der Waals surface area contributed by atoms with Crippen LogP contribution in [0.4, 0.5) is 0 Å². The maximum Gasteiger partial charge on any atom is 0.0728 e. The molecule has 0 spiro atoms. The Morgan fingerprint density at radius 2 is 1.86 bits per heavy atom. The molecular weight excluding hydrogens is 338 g/mol. The highest BCUT2D eigenvalue weighted by Crippen LogP contribution is 2.43. The minimum Gasteiger partial charge on any atom is -0.389 e. The van der Waals surface area contributed by atoms with Crippen molar-refractivity contribution in [1.82, 2.24) is 5.32 Å². The van der Waals surface area contributed by atoms with Gasteiger partial charge in [-0.25, -0.2) is 0 Å². The second kappa shape index (κ2) is 6.95. The molecule has 2 aromatic rings. The van der Waals surface area contributed by atoms with Crippen LogP contribution in [0.25, 0.3) is 0 Å². The van der Waals surface area contributed by atoms with Crippen molar-refractivity contribution in [2.24, 2.45) is 0 Å². The fourth-order valence-corrected chi connectivity index (χ4v) is 3.60. The number of nitrogens with one attached hydrogen (secondary N) is 1. The van der Waals surface area contributed by atoms with E-state index in [9.17, 15) is 5.11 Å². The standard InChI is InChI=1S/C19H22BrNO/c20-17-9-4-8-16(12-17)18(19(22)10-5-11-19)14-21-13-15-6-2-1-3-7-15/h1-4,6-9,12,18,21-22H,5,10-11,13-14H2. The van der Waals surface area contributed by atoms with Gasteiger partial charge < -0.3 is 10.4 Å². The lowest BCUT2D eigenvalue weighted by Gasteiger charge is -2.44. The van der Waals surface area contributed by atoms with Gasteiger partial charge in [0.2, 0.25) is 0 Å². The predicted octanol–water partition coefficient (Wildman–Crippen LogP) is 4.24. The Morgan fingerprint density at radius 1 is 1.09 bits per heavy atom. The molecule has 1 unspecified atom stereocenters. The van der Waals surface area contributed by atoms with Crippen LogP contribution in [0.1, 0.15) is 36.3 Å². The molecule has 1 saturated carbocycles. The van der Waals surface area contributed by atoms with E-state index in [0.717, 1.165) is 36.8 Å². The van der Waals surface area contributed by atoms with Crippen LogP contribution >= 0.6 is 15.9 Å². The Balaban J connectivity index is 1.69. The lowest BCUT2D eigenvalue weighted by molar-refractivity contribution is -0.0570. The van der Waals surface area contributed by atoms with E-state index in [1.807, 2.05) is 18.2 Å². The minimum atomic E-state index is -0.551. The molecule has 2 aromatic carbocycles. The highest BCUT2D eigenvalue weighted by atomic mass is 79.9. The van der Waals surface area contributed by atoms with E-state index in [2.05, 4.69) is 57.6 Å². The molecule has 1 atom stereocenters. The molecular formula is C19H22BrNO. The van der Waals surface area contributed by atoms with Crippen LogP contribution < -0.4 is 5.32 Å². The van der Waals surface area contributed by atoms with Crippen molar-refractivity contribution in [3.8, 4) is 0 Å². The van der Waals surface area contributed by atoms with Crippen molar-refractivity contribution in [3.63, 3.8) is 0 Å². The molecule has 0 radical (unpaired) electrons. The number of hydrogen-bond acceptors (Lipinski definition) is 2. The van der Waals surface area contributed by atoms with Crippen LogP contribution in [-0.4, -0.2) is 17.3 Å². The van der Waals surface area contributed by atoms with Crippen LogP contribution in [0.15, 0.2) is 59.1 Å². The predicted molar refractivity (Wildman–Crippen MR) is 93.8 cm³/mol. The second-order valence-electron chi connectivity index (χ2n) is 6.18. The zero-order valence-corrected chi connectivity index (χ0v) is 14.2. The smallest absolute Gasteiger partial charge is 0.0728 e. The number of benzene rings is 2. The molecule has 1 fully saturated rings. The minimum absolute atomic E-state index is 0.141.